The van der Waals surface area contributed by atoms with Gasteiger partial charge in [0.1, 0.15) is 0 Å². The molecule has 114 valence electrons. The van der Waals surface area contributed by atoms with Crippen LogP contribution in [0, 0.1) is 0 Å². The monoisotopic (exact) mass is 302 g/mol. The van der Waals surface area contributed by atoms with Gasteiger partial charge in [-0.1, -0.05) is 36.4 Å². The summed E-state index contributed by atoms with van der Waals surface area (Å²) in [7, 11) is 2.18. The highest BCUT2D eigenvalue weighted by Crippen LogP contribution is 2.14. The first kappa shape index (κ1) is 16.2. The standard InChI is InChI=1S/C18H26N2S/c1-15(13-18-9-6-12-21-18)20(2)14-17(19)11-10-16-7-4-3-5-8-16/h3-9,12,15,17H,10-11,13-14,19H2,1-2H3. The molecular weight excluding hydrogens is 276 g/mol. The quantitative estimate of drug-likeness (QED) is 0.807. The van der Waals surface area contributed by atoms with Gasteiger partial charge in [-0.2, -0.15) is 0 Å². The summed E-state index contributed by atoms with van der Waals surface area (Å²) in [5, 5.41) is 2.15. The fraction of sp³-hybridized carbons (Fsp3) is 0.444. The molecule has 21 heavy (non-hydrogen) atoms. The van der Waals surface area contributed by atoms with E-state index in [9.17, 15) is 0 Å². The lowest BCUT2D eigenvalue weighted by Gasteiger charge is -2.27. The Kier molecular flexibility index (Phi) is 6.43. The zero-order valence-electron chi connectivity index (χ0n) is 13.0. The predicted octanol–water partition coefficient (Wildman–Crippen LogP) is 3.57. The Bertz CT molecular complexity index is 495. The third kappa shape index (κ3) is 5.62. The molecule has 3 heteroatoms. The van der Waals surface area contributed by atoms with Crippen molar-refractivity contribution in [2.24, 2.45) is 5.73 Å². The number of hydrogen-bond donors (Lipinski definition) is 1. The normalized spacial score (nSPS) is 14.3. The highest BCUT2D eigenvalue weighted by molar-refractivity contribution is 7.09. The van der Waals surface area contributed by atoms with E-state index >= 15 is 0 Å². The summed E-state index contributed by atoms with van der Waals surface area (Å²) >= 11 is 1.84. The van der Waals surface area contributed by atoms with Crippen LogP contribution in [0.3, 0.4) is 0 Å². The number of aryl methyl sites for hydroxylation is 1. The summed E-state index contributed by atoms with van der Waals surface area (Å²) in [6.07, 6.45) is 3.22. The van der Waals surface area contributed by atoms with E-state index in [-0.39, 0.29) is 6.04 Å². The van der Waals surface area contributed by atoms with Crippen molar-refractivity contribution in [1.82, 2.24) is 4.90 Å². The van der Waals surface area contributed by atoms with E-state index in [1.54, 1.807) is 0 Å². The molecule has 0 aliphatic rings. The van der Waals surface area contributed by atoms with E-state index in [0.29, 0.717) is 6.04 Å². The first-order valence-electron chi connectivity index (χ1n) is 7.67. The van der Waals surface area contributed by atoms with Crippen molar-refractivity contribution in [3.8, 4) is 0 Å². The van der Waals surface area contributed by atoms with E-state index in [4.69, 9.17) is 5.73 Å². The molecule has 0 amide bonds. The summed E-state index contributed by atoms with van der Waals surface area (Å²) in [4.78, 5) is 3.84. The van der Waals surface area contributed by atoms with Crippen LogP contribution in [-0.2, 0) is 12.8 Å². The zero-order chi connectivity index (χ0) is 15.1. The summed E-state index contributed by atoms with van der Waals surface area (Å²) in [6, 6.07) is 15.7. The van der Waals surface area contributed by atoms with E-state index in [2.05, 4.69) is 66.7 Å². The highest BCUT2D eigenvalue weighted by atomic mass is 32.1. The van der Waals surface area contributed by atoms with Gasteiger partial charge in [-0.25, -0.2) is 0 Å². The molecule has 0 spiro atoms. The highest BCUT2D eigenvalue weighted by Gasteiger charge is 2.14. The van der Waals surface area contributed by atoms with Crippen molar-refractivity contribution in [2.75, 3.05) is 13.6 Å². The van der Waals surface area contributed by atoms with Crippen LogP contribution in [0.2, 0.25) is 0 Å². The van der Waals surface area contributed by atoms with Gasteiger partial charge in [0.25, 0.3) is 0 Å². The van der Waals surface area contributed by atoms with Crippen molar-refractivity contribution in [3.05, 3.63) is 58.3 Å². The summed E-state index contributed by atoms with van der Waals surface area (Å²) in [5.74, 6) is 0. The van der Waals surface area contributed by atoms with Crippen molar-refractivity contribution in [1.29, 1.82) is 0 Å². The lowest BCUT2D eigenvalue weighted by Crippen LogP contribution is -2.40. The smallest absolute Gasteiger partial charge is 0.0170 e. The van der Waals surface area contributed by atoms with E-state index < -0.39 is 0 Å². The predicted molar refractivity (Wildman–Crippen MR) is 92.9 cm³/mol. The Balaban J connectivity index is 1.72. The molecule has 1 aromatic heterocycles. The minimum absolute atomic E-state index is 0.237. The van der Waals surface area contributed by atoms with E-state index in [1.165, 1.54) is 10.4 Å². The Labute approximate surface area is 132 Å². The maximum absolute atomic E-state index is 6.29. The molecule has 2 aromatic rings. The number of rotatable bonds is 8. The molecule has 0 aliphatic carbocycles. The topological polar surface area (TPSA) is 29.3 Å². The van der Waals surface area contributed by atoms with Crippen LogP contribution in [0.15, 0.2) is 47.8 Å². The van der Waals surface area contributed by atoms with Crippen LogP contribution < -0.4 is 5.73 Å². The van der Waals surface area contributed by atoms with Gasteiger partial charge in [0.15, 0.2) is 0 Å². The summed E-state index contributed by atoms with van der Waals surface area (Å²) in [6.45, 7) is 3.24. The van der Waals surface area contributed by atoms with Gasteiger partial charge >= 0.3 is 0 Å². The lowest BCUT2D eigenvalue weighted by molar-refractivity contribution is 0.238. The zero-order valence-corrected chi connectivity index (χ0v) is 13.9. The number of nitrogens with zero attached hydrogens (tertiary/aromatic N) is 1. The van der Waals surface area contributed by atoms with Gasteiger partial charge in [-0.3, -0.25) is 0 Å². The molecule has 0 bridgehead atoms. The fourth-order valence-electron chi connectivity index (χ4n) is 2.51. The SMILES string of the molecule is CC(Cc1cccs1)N(C)CC(N)CCc1ccccc1. The fourth-order valence-corrected chi connectivity index (χ4v) is 3.34. The summed E-state index contributed by atoms with van der Waals surface area (Å²) in [5.41, 5.74) is 7.67. The molecule has 0 aliphatic heterocycles. The molecule has 2 unspecified atom stereocenters. The molecule has 0 saturated carbocycles. The summed E-state index contributed by atoms with van der Waals surface area (Å²) < 4.78 is 0. The Hall–Kier alpha value is -1.16. The van der Waals surface area contributed by atoms with Gasteiger partial charge in [0, 0.05) is 23.5 Å². The molecule has 1 aromatic carbocycles. The lowest BCUT2D eigenvalue weighted by atomic mass is 10.0. The van der Waals surface area contributed by atoms with Crippen LogP contribution in [0.25, 0.3) is 0 Å². The second kappa shape index (κ2) is 8.32. The molecule has 2 nitrogen and oxygen atoms in total. The minimum atomic E-state index is 0.237. The number of hydrogen-bond acceptors (Lipinski definition) is 3. The molecular formula is C18H26N2S. The van der Waals surface area contributed by atoms with Crippen molar-refractivity contribution in [3.63, 3.8) is 0 Å². The third-order valence-corrected chi connectivity index (χ3v) is 4.90. The largest absolute Gasteiger partial charge is 0.327 e. The maximum Gasteiger partial charge on any atom is 0.0170 e. The van der Waals surface area contributed by atoms with E-state index in [1.807, 2.05) is 11.3 Å². The van der Waals surface area contributed by atoms with Crippen molar-refractivity contribution in [2.45, 2.75) is 38.3 Å². The van der Waals surface area contributed by atoms with Crippen LogP contribution in [0.4, 0.5) is 0 Å². The number of benzene rings is 1. The Morgan fingerprint density at radius 1 is 1.14 bits per heavy atom. The van der Waals surface area contributed by atoms with Gasteiger partial charge in [0.2, 0.25) is 0 Å². The average molecular weight is 302 g/mol. The number of thiophene rings is 1. The minimum Gasteiger partial charge on any atom is -0.327 e. The van der Waals surface area contributed by atoms with Crippen LogP contribution in [0.1, 0.15) is 23.8 Å². The van der Waals surface area contributed by atoms with Crippen LogP contribution in [0.5, 0.6) is 0 Å². The molecule has 0 fully saturated rings. The third-order valence-electron chi connectivity index (χ3n) is 4.00. The first-order chi connectivity index (χ1) is 10.1. The van der Waals surface area contributed by atoms with Gasteiger partial charge in [0.05, 0.1) is 0 Å². The van der Waals surface area contributed by atoms with Crippen LogP contribution in [-0.4, -0.2) is 30.6 Å². The molecule has 0 saturated heterocycles. The van der Waals surface area contributed by atoms with Crippen molar-refractivity contribution < 1.29 is 0 Å². The second-order valence-electron chi connectivity index (χ2n) is 5.86. The molecule has 1 heterocycles. The van der Waals surface area contributed by atoms with Gasteiger partial charge < -0.3 is 10.6 Å². The Morgan fingerprint density at radius 2 is 1.90 bits per heavy atom. The first-order valence-corrected chi connectivity index (χ1v) is 8.55. The second-order valence-corrected chi connectivity index (χ2v) is 6.89. The Morgan fingerprint density at radius 3 is 2.57 bits per heavy atom. The number of likely N-dealkylation sites (N-methyl/N-ethyl adjacent to an activating group) is 1. The molecule has 0 radical (unpaired) electrons. The molecule has 2 N–H and O–H groups in total. The molecule has 2 rings (SSSR count). The van der Waals surface area contributed by atoms with E-state index in [0.717, 1.165) is 25.8 Å². The number of nitrogens with two attached hydrogens (primary N) is 1. The maximum atomic E-state index is 6.29. The average Bonchev–Trinajstić information content (AvgIpc) is 2.99. The molecule has 2 atom stereocenters. The van der Waals surface area contributed by atoms with Gasteiger partial charge in [-0.15, -0.1) is 11.3 Å². The van der Waals surface area contributed by atoms with Gasteiger partial charge in [-0.05, 0) is 50.2 Å². The van der Waals surface area contributed by atoms with Crippen molar-refractivity contribution >= 4 is 11.3 Å². The van der Waals surface area contributed by atoms with Crippen LogP contribution >= 0.6 is 11.3 Å².